The SMILES string of the molecule is CCCCCCCC/C=C\CCCCCCCC(=O)NCCN(CCNC(=O)CCCCCCC/C=C\CCCCCCCC)CCNC(=O)CC(=O)CC[C@H](NC(=O)c1ccc(NCc2cnc3nc(N)[nH]c(=O)c3n2)cc1)C(=O)O.[HH]. The highest BCUT2D eigenvalue weighted by atomic mass is 16.4. The van der Waals surface area contributed by atoms with Crippen LogP contribution in [0.5, 0.6) is 0 Å². The van der Waals surface area contributed by atoms with E-state index in [4.69, 9.17) is 5.73 Å². The number of rotatable bonds is 50. The Bertz CT molecular complexity index is 2360. The Morgan fingerprint density at radius 1 is 0.622 bits per heavy atom. The molecule has 2 aromatic heterocycles. The van der Waals surface area contributed by atoms with Gasteiger partial charge in [-0.05, 0) is 94.9 Å². The average Bonchev–Trinajstić information content (AvgIpc) is 3.63. The molecule has 0 spiro atoms. The Balaban J connectivity index is 0.0000235. The van der Waals surface area contributed by atoms with Gasteiger partial charge in [0, 0.05) is 71.2 Å². The fourth-order valence-electron chi connectivity index (χ4n) is 9.41. The van der Waals surface area contributed by atoms with Crippen molar-refractivity contribution in [2.45, 2.75) is 225 Å². The molecule has 4 amide bonds. The number of benzene rings is 1. The molecule has 0 aliphatic carbocycles. The zero-order chi connectivity index (χ0) is 59.3. The number of carbonyl (C=O) groups is 6. The number of anilines is 2. The zero-order valence-corrected chi connectivity index (χ0v) is 49.8. The number of ketones is 1. The number of H-pyrrole nitrogens is 1. The van der Waals surface area contributed by atoms with E-state index in [0.29, 0.717) is 56.9 Å². The van der Waals surface area contributed by atoms with Crippen molar-refractivity contribution in [3.63, 3.8) is 0 Å². The van der Waals surface area contributed by atoms with Gasteiger partial charge >= 0.3 is 5.97 Å². The molecule has 3 rings (SSSR count). The van der Waals surface area contributed by atoms with Crippen molar-refractivity contribution in [2.75, 3.05) is 50.3 Å². The summed E-state index contributed by atoms with van der Waals surface area (Å²) in [4.78, 5) is 105. The van der Waals surface area contributed by atoms with E-state index >= 15 is 0 Å². The number of carbonyl (C=O) groups excluding carboxylic acids is 5. The third kappa shape index (κ3) is 34.1. The summed E-state index contributed by atoms with van der Waals surface area (Å²) in [7, 11) is 0. The first-order chi connectivity index (χ1) is 39.9. The van der Waals surface area contributed by atoms with Crippen molar-refractivity contribution >= 4 is 58.2 Å². The predicted octanol–water partition coefficient (Wildman–Crippen LogP) is 10.8. The minimum absolute atomic E-state index is 0. The van der Waals surface area contributed by atoms with Crippen LogP contribution in [0.25, 0.3) is 11.2 Å². The lowest BCUT2D eigenvalue weighted by Gasteiger charge is -2.23. The van der Waals surface area contributed by atoms with Crippen LogP contribution < -0.4 is 37.9 Å². The smallest absolute Gasteiger partial charge is 0.326 e. The second-order valence-electron chi connectivity index (χ2n) is 21.6. The van der Waals surface area contributed by atoms with E-state index in [9.17, 15) is 38.7 Å². The largest absolute Gasteiger partial charge is 0.480 e. The molecule has 19 heteroatoms. The van der Waals surface area contributed by atoms with E-state index in [1.807, 2.05) is 0 Å². The van der Waals surface area contributed by atoms with Gasteiger partial charge in [0.2, 0.25) is 23.7 Å². The van der Waals surface area contributed by atoms with Crippen molar-refractivity contribution in [1.82, 2.24) is 46.1 Å². The molecule has 0 saturated carbocycles. The van der Waals surface area contributed by atoms with Gasteiger partial charge in [-0.2, -0.15) is 4.98 Å². The number of nitrogens with two attached hydrogens (primary N) is 1. The van der Waals surface area contributed by atoms with E-state index in [1.54, 1.807) is 12.1 Å². The number of nitrogens with zero attached hydrogens (tertiary/aromatic N) is 4. The number of Topliss-reactive ketones (excluding diaryl/α,β-unsaturated/α-hetero) is 1. The molecule has 2 heterocycles. The summed E-state index contributed by atoms with van der Waals surface area (Å²) in [6, 6.07) is 4.87. The summed E-state index contributed by atoms with van der Waals surface area (Å²) in [5.74, 6) is -3.03. The Morgan fingerprint density at radius 3 is 1.57 bits per heavy atom. The monoisotopic (exact) mass is 1140 g/mol. The second kappa shape index (κ2) is 45.1. The molecule has 82 heavy (non-hydrogen) atoms. The van der Waals surface area contributed by atoms with Gasteiger partial charge < -0.3 is 37.4 Å². The Morgan fingerprint density at radius 2 is 1.09 bits per heavy atom. The Hall–Kier alpha value is -6.50. The lowest BCUT2D eigenvalue weighted by molar-refractivity contribution is -0.139. The minimum atomic E-state index is -1.38. The first-order valence-corrected chi connectivity index (χ1v) is 31.1. The highest BCUT2D eigenvalue weighted by Crippen LogP contribution is 2.15. The zero-order valence-electron chi connectivity index (χ0n) is 49.8. The third-order valence-electron chi connectivity index (χ3n) is 14.4. The van der Waals surface area contributed by atoms with Crippen molar-refractivity contribution in [3.05, 3.63) is 76.4 Å². The molecule has 0 saturated heterocycles. The van der Waals surface area contributed by atoms with Crippen LogP contribution in [0, 0.1) is 0 Å². The van der Waals surface area contributed by atoms with Crippen molar-refractivity contribution < 1.29 is 35.3 Å². The van der Waals surface area contributed by atoms with Gasteiger partial charge in [0.25, 0.3) is 11.5 Å². The third-order valence-corrected chi connectivity index (χ3v) is 14.4. The average molecular weight is 1140 g/mol. The molecule has 0 aliphatic rings. The number of hydrogen-bond donors (Lipinski definition) is 8. The molecular weight excluding hydrogens is 1040 g/mol. The number of amides is 4. The molecule has 1 aromatic carbocycles. The van der Waals surface area contributed by atoms with E-state index in [1.165, 1.54) is 121 Å². The fourth-order valence-corrected chi connectivity index (χ4v) is 9.41. The van der Waals surface area contributed by atoms with Gasteiger partial charge in [-0.3, -0.25) is 38.7 Å². The van der Waals surface area contributed by atoms with Crippen molar-refractivity contribution in [1.29, 1.82) is 0 Å². The number of carboxylic acids is 1. The maximum absolute atomic E-state index is 13.0. The molecule has 0 unspecified atom stereocenters. The lowest BCUT2D eigenvalue weighted by Crippen LogP contribution is -2.43. The summed E-state index contributed by atoms with van der Waals surface area (Å²) in [6.07, 6.45) is 41.8. The molecule has 19 nitrogen and oxygen atoms in total. The first-order valence-electron chi connectivity index (χ1n) is 31.1. The molecule has 0 fully saturated rings. The van der Waals surface area contributed by atoms with Gasteiger partial charge in [-0.1, -0.05) is 141 Å². The van der Waals surface area contributed by atoms with Crippen LogP contribution in [0.3, 0.4) is 0 Å². The summed E-state index contributed by atoms with van der Waals surface area (Å²) < 4.78 is 0. The molecule has 458 valence electrons. The minimum Gasteiger partial charge on any atom is -0.480 e. The van der Waals surface area contributed by atoms with Crippen molar-refractivity contribution in [2.24, 2.45) is 0 Å². The number of allylic oxidation sites excluding steroid dienone is 4. The second-order valence-corrected chi connectivity index (χ2v) is 21.6. The fraction of sp³-hybridized carbons (Fsp3) is 0.651. The number of nitrogen functional groups attached to an aromatic ring is 1. The predicted molar refractivity (Wildman–Crippen MR) is 330 cm³/mol. The molecule has 1 atom stereocenters. The number of carboxylic acid groups (broad SMARTS) is 1. The number of hydrogen-bond acceptors (Lipinski definition) is 13. The molecule has 0 bridgehead atoms. The van der Waals surface area contributed by atoms with Gasteiger partial charge in [-0.15, -0.1) is 0 Å². The summed E-state index contributed by atoms with van der Waals surface area (Å²) in [6.45, 7) is 7.14. The quantitative estimate of drug-likeness (QED) is 0.0148. The number of unbranched alkanes of at least 4 members (excludes halogenated alkanes) is 22. The van der Waals surface area contributed by atoms with Crippen molar-refractivity contribution in [3.8, 4) is 0 Å². The van der Waals surface area contributed by atoms with Gasteiger partial charge in [-0.25, -0.2) is 14.8 Å². The molecule has 9 N–H and O–H groups in total. The number of fused-ring (bicyclic) bond motifs is 1. The van der Waals surface area contributed by atoms with E-state index in [0.717, 1.165) is 64.2 Å². The summed E-state index contributed by atoms with van der Waals surface area (Å²) in [5, 5.41) is 24.3. The van der Waals surface area contributed by atoms with Crippen LogP contribution in [0.15, 0.2) is 59.6 Å². The Labute approximate surface area is 490 Å². The molecule has 0 aliphatic heterocycles. The molecule has 0 radical (unpaired) electrons. The Kier molecular flexibility index (Phi) is 38.3. The first kappa shape index (κ1) is 69.8. The lowest BCUT2D eigenvalue weighted by atomic mass is 10.1. The number of aromatic amines is 1. The summed E-state index contributed by atoms with van der Waals surface area (Å²) >= 11 is 0. The van der Waals surface area contributed by atoms with Crippen LogP contribution in [0.4, 0.5) is 11.6 Å². The standard InChI is InChI=1S/C63H101N11O8.H2/c1-3-5-7-9-11-13-15-17-19-21-23-25-27-29-31-33-55(76)65-41-44-74(45-42-66-56(77)34-32-30-28-26-24-22-20-18-16-14-12-10-8-6-4-2)46-43-67-57(78)47-53(75)39-40-54(62(81)82)71-60(79)50-35-37-51(38-36-50)68-48-52-49-69-59-58(70-52)61(80)73-63(64)72-59;/h17-20,35-38,49,54,68H,3-16,21-34,39-48H2,1-2H3,(H,65,76)(H,66,77)(H,67,78)(H,71,79)(H,81,82)(H3,64,69,72,73,80);1H/b19-17-,20-18-;/t54-;/m0./s1. The van der Waals surface area contributed by atoms with E-state index in [2.05, 4.69) is 89.6 Å². The maximum atomic E-state index is 13.0. The van der Waals surface area contributed by atoms with Crippen LogP contribution in [-0.4, -0.2) is 111 Å². The molecular formula is C63H103N11O8. The van der Waals surface area contributed by atoms with Crippen LogP contribution in [-0.2, 0) is 30.5 Å². The highest BCUT2D eigenvalue weighted by molar-refractivity contribution is 5.99. The van der Waals surface area contributed by atoms with Gasteiger partial charge in [0.05, 0.1) is 24.9 Å². The topological polar surface area (TPSA) is 284 Å². The van der Waals surface area contributed by atoms with Crippen LogP contribution >= 0.6 is 0 Å². The van der Waals surface area contributed by atoms with Gasteiger partial charge in [0.1, 0.15) is 11.8 Å². The van der Waals surface area contributed by atoms with E-state index in [-0.39, 0.29) is 61.8 Å². The van der Waals surface area contributed by atoms with Crippen LogP contribution in [0.2, 0.25) is 0 Å². The number of aliphatic carboxylic acids is 1. The normalized spacial score (nSPS) is 11.8. The highest BCUT2D eigenvalue weighted by Gasteiger charge is 2.23. The maximum Gasteiger partial charge on any atom is 0.326 e. The summed E-state index contributed by atoms with van der Waals surface area (Å²) in [5.41, 5.74) is 6.47. The van der Waals surface area contributed by atoms with Gasteiger partial charge in [0.15, 0.2) is 11.2 Å². The molecule has 3 aromatic rings. The van der Waals surface area contributed by atoms with Crippen LogP contribution in [0.1, 0.15) is 230 Å². The number of aromatic nitrogens is 4. The number of nitrogens with one attached hydrogen (secondary N) is 6. The van der Waals surface area contributed by atoms with E-state index < -0.39 is 41.6 Å².